The van der Waals surface area contributed by atoms with Crippen molar-refractivity contribution in [3.63, 3.8) is 0 Å². The molecule has 0 saturated carbocycles. The molecule has 2 atom stereocenters. The number of hydrogen-bond donors (Lipinski definition) is 2. The summed E-state index contributed by atoms with van der Waals surface area (Å²) in [5, 5.41) is 22.5. The van der Waals surface area contributed by atoms with E-state index in [-0.39, 0.29) is 23.6 Å². The van der Waals surface area contributed by atoms with Gasteiger partial charge < -0.3 is 19.4 Å². The monoisotopic (exact) mass is 365 g/mol. The summed E-state index contributed by atoms with van der Waals surface area (Å²) in [6, 6.07) is 6.68. The minimum Gasteiger partial charge on any atom is -0.494 e. The maximum Gasteiger partial charge on any atom is 0.336 e. The first-order valence-corrected chi connectivity index (χ1v) is 8.99. The highest BCUT2D eigenvalue weighted by Gasteiger charge is 2.38. The predicted molar refractivity (Wildman–Crippen MR) is 99.7 cm³/mol. The fourth-order valence-electron chi connectivity index (χ4n) is 4.49. The Morgan fingerprint density at radius 1 is 1.11 bits per heavy atom. The number of rotatable bonds is 3. The first kappa shape index (κ1) is 16.2. The second kappa shape index (κ2) is 5.76. The van der Waals surface area contributed by atoms with Crippen LogP contribution in [0, 0.1) is 0 Å². The summed E-state index contributed by atoms with van der Waals surface area (Å²) < 4.78 is 11.9. The molecule has 2 aromatic heterocycles. The van der Waals surface area contributed by atoms with Gasteiger partial charge >= 0.3 is 5.63 Å². The lowest BCUT2D eigenvalue weighted by atomic mass is 9.73. The van der Waals surface area contributed by atoms with Crippen LogP contribution in [0.15, 0.2) is 45.6 Å². The summed E-state index contributed by atoms with van der Waals surface area (Å²) in [4.78, 5) is 11.9. The molecule has 6 rings (SSSR count). The predicted octanol–water partition coefficient (Wildman–Crippen LogP) is 3.67. The first-order chi connectivity index (χ1) is 13.1. The van der Waals surface area contributed by atoms with Gasteiger partial charge in [0.1, 0.15) is 5.58 Å². The molecular weight excluding hydrogens is 346 g/mol. The molecule has 2 unspecified atom stereocenters. The minimum absolute atomic E-state index is 0.0521. The molecule has 0 saturated heterocycles. The Bertz CT molecular complexity index is 1120. The lowest BCUT2D eigenvalue weighted by molar-refractivity contribution is 0.185. The van der Waals surface area contributed by atoms with Gasteiger partial charge in [-0.1, -0.05) is 12.2 Å². The quantitative estimate of drug-likeness (QED) is 0.546. The summed E-state index contributed by atoms with van der Waals surface area (Å²) in [6.45, 7) is 0.296. The highest BCUT2D eigenvalue weighted by molar-refractivity contribution is 5.82. The van der Waals surface area contributed by atoms with Crippen LogP contribution in [0.3, 0.4) is 0 Å². The van der Waals surface area contributed by atoms with E-state index in [4.69, 9.17) is 9.15 Å². The number of aromatic nitrogens is 1. The van der Waals surface area contributed by atoms with Crippen LogP contribution in [0.2, 0.25) is 0 Å². The standard InChI is InChI=1S/C21H19NO5/c1-26-10-13-8-17(23)27-16-9-14(6-7-15(13)16)22-20(24)18-11-2-3-12(5-4-11)19(18)21(22)25/h2-3,6-9,11-12,24-25H,4-5,10H2,1H3. The van der Waals surface area contributed by atoms with Crippen LogP contribution in [0.5, 0.6) is 11.8 Å². The molecule has 2 N–H and O–H groups in total. The Kier molecular flexibility index (Phi) is 3.45. The van der Waals surface area contributed by atoms with Gasteiger partial charge in [-0.05, 0) is 30.5 Å². The van der Waals surface area contributed by atoms with E-state index in [1.165, 1.54) is 10.6 Å². The van der Waals surface area contributed by atoms with Crippen molar-refractivity contribution in [3.05, 3.63) is 63.5 Å². The number of methoxy groups -OCH3 is 1. The second-order valence-electron chi connectivity index (χ2n) is 7.19. The van der Waals surface area contributed by atoms with Crippen molar-refractivity contribution in [2.75, 3.05) is 7.11 Å². The van der Waals surface area contributed by atoms with Gasteiger partial charge in [0.15, 0.2) is 0 Å². The number of hydrogen-bond acceptors (Lipinski definition) is 5. The van der Waals surface area contributed by atoms with Gasteiger partial charge in [-0.3, -0.25) is 4.57 Å². The molecule has 0 amide bonds. The molecule has 3 aliphatic rings. The van der Waals surface area contributed by atoms with Gasteiger partial charge in [0, 0.05) is 47.6 Å². The fourth-order valence-corrected chi connectivity index (χ4v) is 4.49. The zero-order valence-corrected chi connectivity index (χ0v) is 14.8. The molecule has 6 nitrogen and oxygen atoms in total. The number of nitrogens with zero attached hydrogens (tertiary/aromatic N) is 1. The van der Waals surface area contributed by atoms with Crippen LogP contribution >= 0.6 is 0 Å². The Labute approximate surface area is 154 Å². The molecule has 0 aliphatic heterocycles. The molecule has 2 bridgehead atoms. The molecule has 6 heteroatoms. The van der Waals surface area contributed by atoms with E-state index in [0.717, 1.165) is 34.9 Å². The summed E-state index contributed by atoms with van der Waals surface area (Å²) in [7, 11) is 1.57. The molecule has 3 aliphatic carbocycles. The van der Waals surface area contributed by atoms with Gasteiger partial charge in [-0.2, -0.15) is 0 Å². The van der Waals surface area contributed by atoms with Crippen LogP contribution in [-0.2, 0) is 11.3 Å². The third-order valence-electron chi connectivity index (χ3n) is 5.67. The second-order valence-corrected chi connectivity index (χ2v) is 7.19. The van der Waals surface area contributed by atoms with E-state index in [1.807, 2.05) is 6.07 Å². The number of ether oxygens (including phenoxy) is 1. The van der Waals surface area contributed by atoms with E-state index < -0.39 is 5.63 Å². The molecule has 2 heterocycles. The summed E-state index contributed by atoms with van der Waals surface area (Å²) in [6.07, 6.45) is 6.16. The summed E-state index contributed by atoms with van der Waals surface area (Å²) >= 11 is 0. The number of aromatic hydroxyl groups is 2. The van der Waals surface area contributed by atoms with Crippen LogP contribution < -0.4 is 5.63 Å². The van der Waals surface area contributed by atoms with Crippen molar-refractivity contribution in [1.82, 2.24) is 4.57 Å². The smallest absolute Gasteiger partial charge is 0.336 e. The molecule has 1 aromatic carbocycles. The number of allylic oxidation sites excluding steroid dienone is 2. The zero-order chi connectivity index (χ0) is 18.7. The van der Waals surface area contributed by atoms with E-state index in [2.05, 4.69) is 12.2 Å². The Balaban J connectivity index is 1.72. The zero-order valence-electron chi connectivity index (χ0n) is 14.8. The van der Waals surface area contributed by atoms with Gasteiger partial charge in [0.2, 0.25) is 11.8 Å². The molecule has 0 fully saturated rings. The van der Waals surface area contributed by atoms with Gasteiger partial charge in [0.25, 0.3) is 0 Å². The molecule has 0 spiro atoms. The van der Waals surface area contributed by atoms with E-state index in [0.29, 0.717) is 17.9 Å². The third-order valence-corrected chi connectivity index (χ3v) is 5.67. The summed E-state index contributed by atoms with van der Waals surface area (Å²) in [5.41, 5.74) is 2.82. The normalized spacial score (nSPS) is 20.3. The van der Waals surface area contributed by atoms with Crippen molar-refractivity contribution in [1.29, 1.82) is 0 Å². The lowest BCUT2D eigenvalue weighted by Crippen LogP contribution is -2.15. The highest BCUT2D eigenvalue weighted by Crippen LogP contribution is 2.54. The van der Waals surface area contributed by atoms with E-state index >= 15 is 0 Å². The fraction of sp³-hybridized carbons (Fsp3) is 0.286. The molecule has 3 aromatic rings. The Hall–Kier alpha value is -2.99. The van der Waals surface area contributed by atoms with Crippen LogP contribution in [0.1, 0.15) is 41.4 Å². The molecule has 0 radical (unpaired) electrons. The number of benzene rings is 1. The maximum absolute atomic E-state index is 11.9. The minimum atomic E-state index is -0.464. The molecular formula is C21H19NO5. The summed E-state index contributed by atoms with van der Waals surface area (Å²) in [5.74, 6) is 0.361. The van der Waals surface area contributed by atoms with Gasteiger partial charge in [0.05, 0.1) is 12.3 Å². The molecule has 27 heavy (non-hydrogen) atoms. The Morgan fingerprint density at radius 2 is 1.78 bits per heavy atom. The van der Waals surface area contributed by atoms with Crippen molar-refractivity contribution in [2.24, 2.45) is 0 Å². The van der Waals surface area contributed by atoms with Crippen LogP contribution in [0.4, 0.5) is 0 Å². The average Bonchev–Trinajstić information content (AvgIpc) is 2.95. The van der Waals surface area contributed by atoms with E-state index in [9.17, 15) is 15.0 Å². The highest BCUT2D eigenvalue weighted by atomic mass is 16.5. The first-order valence-electron chi connectivity index (χ1n) is 8.99. The van der Waals surface area contributed by atoms with Crippen molar-refractivity contribution < 1.29 is 19.4 Å². The van der Waals surface area contributed by atoms with Crippen molar-refractivity contribution in [2.45, 2.75) is 31.3 Å². The number of fused-ring (bicyclic) bond motifs is 2. The van der Waals surface area contributed by atoms with Crippen molar-refractivity contribution >= 4 is 11.0 Å². The maximum atomic E-state index is 11.9. The van der Waals surface area contributed by atoms with Gasteiger partial charge in [-0.15, -0.1) is 0 Å². The van der Waals surface area contributed by atoms with Crippen LogP contribution in [-0.4, -0.2) is 21.9 Å². The topological polar surface area (TPSA) is 84.8 Å². The Morgan fingerprint density at radius 3 is 2.37 bits per heavy atom. The lowest BCUT2D eigenvalue weighted by Gasteiger charge is -2.30. The van der Waals surface area contributed by atoms with Crippen LogP contribution in [0.25, 0.3) is 16.7 Å². The van der Waals surface area contributed by atoms with E-state index in [1.54, 1.807) is 19.2 Å². The third kappa shape index (κ3) is 2.26. The average molecular weight is 365 g/mol. The molecule has 138 valence electrons. The largest absolute Gasteiger partial charge is 0.494 e. The van der Waals surface area contributed by atoms with Crippen molar-refractivity contribution in [3.8, 4) is 17.4 Å². The van der Waals surface area contributed by atoms with Gasteiger partial charge in [-0.25, -0.2) is 4.79 Å². The SMILES string of the molecule is COCc1cc(=O)oc2cc(-n3c(O)c4c(c3O)C3C=CC4CC3)ccc12.